The zero-order valence-corrected chi connectivity index (χ0v) is 12.4. The molecular formula is C16H23NO3. The molecular weight excluding hydrogens is 254 g/mol. The summed E-state index contributed by atoms with van der Waals surface area (Å²) < 4.78 is 5.15. The van der Waals surface area contributed by atoms with Gasteiger partial charge in [0.2, 0.25) is 5.91 Å². The van der Waals surface area contributed by atoms with Crippen molar-refractivity contribution < 1.29 is 14.6 Å². The number of rotatable bonds is 5. The van der Waals surface area contributed by atoms with Gasteiger partial charge in [0.05, 0.1) is 19.8 Å². The third kappa shape index (κ3) is 3.31. The second kappa shape index (κ2) is 6.27. The van der Waals surface area contributed by atoms with Gasteiger partial charge in [0.1, 0.15) is 5.75 Å². The van der Waals surface area contributed by atoms with E-state index in [0.29, 0.717) is 30.6 Å². The molecule has 4 heteroatoms. The van der Waals surface area contributed by atoms with Crippen LogP contribution in [-0.4, -0.2) is 36.1 Å². The molecule has 110 valence electrons. The number of amides is 1. The van der Waals surface area contributed by atoms with Crippen LogP contribution in [0.1, 0.15) is 31.9 Å². The van der Waals surface area contributed by atoms with Crippen LogP contribution in [0.4, 0.5) is 0 Å². The Labute approximate surface area is 120 Å². The van der Waals surface area contributed by atoms with Crippen molar-refractivity contribution in [1.82, 2.24) is 4.90 Å². The first-order valence-corrected chi connectivity index (χ1v) is 7.11. The van der Waals surface area contributed by atoms with Crippen molar-refractivity contribution in [3.8, 4) is 5.75 Å². The van der Waals surface area contributed by atoms with Crippen LogP contribution in [0, 0.1) is 11.8 Å². The molecule has 1 N–H and O–H groups in total. The van der Waals surface area contributed by atoms with Gasteiger partial charge in [-0.3, -0.25) is 4.79 Å². The summed E-state index contributed by atoms with van der Waals surface area (Å²) in [6.07, 6.45) is -0.0670. The lowest BCUT2D eigenvalue weighted by Crippen LogP contribution is -2.30. The average molecular weight is 277 g/mol. The van der Waals surface area contributed by atoms with Crippen molar-refractivity contribution >= 4 is 5.91 Å². The molecule has 1 amide bonds. The number of hydrogen-bond donors (Lipinski definition) is 1. The monoisotopic (exact) mass is 277 g/mol. The van der Waals surface area contributed by atoms with Gasteiger partial charge in [-0.05, 0) is 29.5 Å². The van der Waals surface area contributed by atoms with Gasteiger partial charge in [-0.15, -0.1) is 0 Å². The Kier molecular flexibility index (Phi) is 4.65. The lowest BCUT2D eigenvalue weighted by molar-refractivity contribution is -0.129. The molecule has 1 aromatic rings. The third-order valence-electron chi connectivity index (χ3n) is 4.06. The van der Waals surface area contributed by atoms with Crippen LogP contribution >= 0.6 is 0 Å². The first kappa shape index (κ1) is 14.9. The minimum Gasteiger partial charge on any atom is -0.497 e. The van der Waals surface area contributed by atoms with E-state index < -0.39 is 6.10 Å². The standard InChI is InChI=1S/C16H23NO3/c1-11(2)13-8-16(19)17(9-13)10-15(18)12-5-4-6-14(7-12)20-3/h4-7,11,13,15,18H,8-10H2,1-3H3. The second-order valence-corrected chi connectivity index (χ2v) is 5.80. The van der Waals surface area contributed by atoms with E-state index >= 15 is 0 Å². The van der Waals surface area contributed by atoms with Crippen molar-refractivity contribution in [2.45, 2.75) is 26.4 Å². The van der Waals surface area contributed by atoms with Crippen molar-refractivity contribution in [2.24, 2.45) is 11.8 Å². The topological polar surface area (TPSA) is 49.8 Å². The molecule has 1 fully saturated rings. The molecule has 0 bridgehead atoms. The number of hydrogen-bond acceptors (Lipinski definition) is 3. The quantitative estimate of drug-likeness (QED) is 0.898. The van der Waals surface area contributed by atoms with Crippen LogP contribution < -0.4 is 4.74 Å². The highest BCUT2D eigenvalue weighted by Crippen LogP contribution is 2.27. The Morgan fingerprint density at radius 3 is 2.80 bits per heavy atom. The Balaban J connectivity index is 2.00. The van der Waals surface area contributed by atoms with Crippen LogP contribution in [0.5, 0.6) is 5.75 Å². The SMILES string of the molecule is COc1cccc(C(O)CN2CC(C(C)C)CC2=O)c1. The summed E-state index contributed by atoms with van der Waals surface area (Å²) in [7, 11) is 1.60. The van der Waals surface area contributed by atoms with E-state index in [4.69, 9.17) is 4.74 Å². The summed E-state index contributed by atoms with van der Waals surface area (Å²) in [5.74, 6) is 1.76. The summed E-state index contributed by atoms with van der Waals surface area (Å²) in [6, 6.07) is 7.35. The van der Waals surface area contributed by atoms with Crippen molar-refractivity contribution in [1.29, 1.82) is 0 Å². The van der Waals surface area contributed by atoms with Gasteiger partial charge in [-0.25, -0.2) is 0 Å². The number of methoxy groups -OCH3 is 1. The maximum absolute atomic E-state index is 12.0. The zero-order valence-electron chi connectivity index (χ0n) is 12.4. The predicted octanol–water partition coefficient (Wildman–Crippen LogP) is 2.23. The van der Waals surface area contributed by atoms with Gasteiger partial charge >= 0.3 is 0 Å². The largest absolute Gasteiger partial charge is 0.497 e. The summed E-state index contributed by atoms with van der Waals surface area (Å²) >= 11 is 0. The Morgan fingerprint density at radius 1 is 1.45 bits per heavy atom. The molecule has 0 saturated carbocycles. The van der Waals surface area contributed by atoms with Crippen LogP contribution in [0.15, 0.2) is 24.3 Å². The maximum Gasteiger partial charge on any atom is 0.223 e. The molecule has 0 radical (unpaired) electrons. The maximum atomic E-state index is 12.0. The fourth-order valence-corrected chi connectivity index (χ4v) is 2.59. The van der Waals surface area contributed by atoms with Crippen molar-refractivity contribution in [3.05, 3.63) is 29.8 Å². The van der Waals surface area contributed by atoms with E-state index in [-0.39, 0.29) is 5.91 Å². The lowest BCUT2D eigenvalue weighted by atomic mass is 9.95. The van der Waals surface area contributed by atoms with Gasteiger partial charge in [-0.2, -0.15) is 0 Å². The van der Waals surface area contributed by atoms with Gasteiger partial charge < -0.3 is 14.7 Å². The van der Waals surface area contributed by atoms with Crippen LogP contribution in [0.25, 0.3) is 0 Å². The molecule has 1 aromatic carbocycles. The highest BCUT2D eigenvalue weighted by molar-refractivity contribution is 5.78. The molecule has 0 spiro atoms. The van der Waals surface area contributed by atoms with E-state index in [1.807, 2.05) is 24.3 Å². The Bertz CT molecular complexity index is 473. The molecule has 4 nitrogen and oxygen atoms in total. The van der Waals surface area contributed by atoms with E-state index in [2.05, 4.69) is 13.8 Å². The first-order valence-electron chi connectivity index (χ1n) is 7.11. The summed E-state index contributed by atoms with van der Waals surface area (Å²) in [5, 5.41) is 10.3. The van der Waals surface area contributed by atoms with E-state index in [1.54, 1.807) is 12.0 Å². The number of β-amino-alcohol motifs (C(OH)–C–C–N with tert-alkyl or cyclic N) is 1. The lowest BCUT2D eigenvalue weighted by Gasteiger charge is -2.22. The number of nitrogens with zero attached hydrogens (tertiary/aromatic N) is 1. The number of carbonyl (C=O) groups excluding carboxylic acids is 1. The molecule has 2 atom stereocenters. The Morgan fingerprint density at radius 2 is 2.20 bits per heavy atom. The average Bonchev–Trinajstić information content (AvgIpc) is 2.80. The third-order valence-corrected chi connectivity index (χ3v) is 4.06. The number of carbonyl (C=O) groups is 1. The zero-order chi connectivity index (χ0) is 14.7. The molecule has 1 aliphatic rings. The van der Waals surface area contributed by atoms with Gasteiger partial charge in [-0.1, -0.05) is 26.0 Å². The van der Waals surface area contributed by atoms with Gasteiger partial charge in [0.15, 0.2) is 0 Å². The summed E-state index contributed by atoms with van der Waals surface area (Å²) in [4.78, 5) is 13.7. The highest BCUT2D eigenvalue weighted by Gasteiger charge is 2.32. The minimum absolute atomic E-state index is 0.144. The summed E-state index contributed by atoms with van der Waals surface area (Å²) in [6.45, 7) is 5.38. The van der Waals surface area contributed by atoms with E-state index in [0.717, 1.165) is 12.1 Å². The first-order chi connectivity index (χ1) is 9.51. The molecule has 0 aromatic heterocycles. The van der Waals surface area contributed by atoms with E-state index in [9.17, 15) is 9.90 Å². The smallest absolute Gasteiger partial charge is 0.223 e. The molecule has 0 aliphatic carbocycles. The fourth-order valence-electron chi connectivity index (χ4n) is 2.59. The highest BCUT2D eigenvalue weighted by atomic mass is 16.5. The van der Waals surface area contributed by atoms with Crippen LogP contribution in [0.3, 0.4) is 0 Å². The van der Waals surface area contributed by atoms with Crippen molar-refractivity contribution in [3.63, 3.8) is 0 Å². The van der Waals surface area contributed by atoms with E-state index in [1.165, 1.54) is 0 Å². The minimum atomic E-state index is -0.667. The van der Waals surface area contributed by atoms with Gasteiger partial charge in [0.25, 0.3) is 0 Å². The second-order valence-electron chi connectivity index (χ2n) is 5.80. The molecule has 1 heterocycles. The number of aliphatic hydroxyl groups excluding tert-OH is 1. The fraction of sp³-hybridized carbons (Fsp3) is 0.562. The Hall–Kier alpha value is -1.55. The van der Waals surface area contributed by atoms with Gasteiger partial charge in [0, 0.05) is 13.0 Å². The normalized spacial score (nSPS) is 20.6. The van der Waals surface area contributed by atoms with Crippen molar-refractivity contribution in [2.75, 3.05) is 20.2 Å². The number of ether oxygens (including phenoxy) is 1. The molecule has 1 saturated heterocycles. The summed E-state index contributed by atoms with van der Waals surface area (Å²) in [5.41, 5.74) is 0.783. The number of aliphatic hydroxyl groups is 1. The molecule has 2 rings (SSSR count). The van der Waals surface area contributed by atoms with Crippen LogP contribution in [0.2, 0.25) is 0 Å². The number of likely N-dealkylation sites (tertiary alicyclic amines) is 1. The molecule has 2 unspecified atom stereocenters. The molecule has 20 heavy (non-hydrogen) atoms. The molecule has 1 aliphatic heterocycles. The predicted molar refractivity (Wildman–Crippen MR) is 77.5 cm³/mol. The van der Waals surface area contributed by atoms with Crippen LogP contribution in [-0.2, 0) is 4.79 Å². The number of benzene rings is 1.